The first kappa shape index (κ1) is 32.1. The third-order valence-electron chi connectivity index (χ3n) is 8.95. The van der Waals surface area contributed by atoms with Gasteiger partial charge in [-0.05, 0) is 108 Å². The van der Waals surface area contributed by atoms with Gasteiger partial charge in [-0.2, -0.15) is 4.98 Å². The number of nitrogens with one attached hydrogen (secondary N) is 1. The SMILES string of the molecule is COc1ccc(N2C(=O)N(c3c(C)cccc3C)Cc3cnc(Nc4ccc(C5CCN(C)CC5)cc4OC(C)C)nc32)c(OC)c1. The summed E-state index contributed by atoms with van der Waals surface area (Å²) in [5.41, 5.74) is 6.26. The minimum Gasteiger partial charge on any atom is -0.497 e. The minimum atomic E-state index is -0.241. The van der Waals surface area contributed by atoms with Gasteiger partial charge in [0.05, 0.1) is 43.9 Å². The quantitative estimate of drug-likeness (QED) is 0.200. The molecule has 1 aromatic heterocycles. The van der Waals surface area contributed by atoms with E-state index in [1.165, 1.54) is 5.56 Å². The van der Waals surface area contributed by atoms with Crippen LogP contribution in [0.25, 0.3) is 0 Å². The number of likely N-dealkylation sites (tertiary alicyclic amines) is 1. The number of hydrogen-bond acceptors (Lipinski definition) is 8. The van der Waals surface area contributed by atoms with Crippen LogP contribution in [0, 0.1) is 13.8 Å². The lowest BCUT2D eigenvalue weighted by Crippen LogP contribution is -2.46. The maximum absolute atomic E-state index is 14.5. The van der Waals surface area contributed by atoms with Gasteiger partial charge >= 0.3 is 6.03 Å². The van der Waals surface area contributed by atoms with Crippen LogP contribution in [0.4, 0.5) is 33.6 Å². The molecule has 2 aliphatic heterocycles. The van der Waals surface area contributed by atoms with E-state index < -0.39 is 0 Å². The first-order valence-corrected chi connectivity index (χ1v) is 16.2. The van der Waals surface area contributed by atoms with Gasteiger partial charge in [-0.3, -0.25) is 4.90 Å². The average Bonchev–Trinajstić information content (AvgIpc) is 3.06. The van der Waals surface area contributed by atoms with E-state index >= 15 is 0 Å². The zero-order chi connectivity index (χ0) is 33.2. The molecule has 3 aromatic carbocycles. The van der Waals surface area contributed by atoms with E-state index in [0.29, 0.717) is 41.4 Å². The highest BCUT2D eigenvalue weighted by Crippen LogP contribution is 2.43. The number of amides is 2. The second-order valence-electron chi connectivity index (χ2n) is 12.6. The van der Waals surface area contributed by atoms with Gasteiger partial charge in [0, 0.05) is 17.8 Å². The molecule has 2 aliphatic rings. The monoisotopic (exact) mass is 636 g/mol. The number of hydrogen-bond donors (Lipinski definition) is 1. The molecule has 246 valence electrons. The molecule has 0 unspecified atom stereocenters. The molecular formula is C37H44N6O4. The van der Waals surface area contributed by atoms with Crippen LogP contribution in [0.15, 0.2) is 60.8 Å². The molecule has 0 aliphatic carbocycles. The highest BCUT2D eigenvalue weighted by molar-refractivity contribution is 6.11. The summed E-state index contributed by atoms with van der Waals surface area (Å²) in [6.07, 6.45) is 4.02. The molecule has 10 heteroatoms. The predicted molar refractivity (Wildman–Crippen MR) is 186 cm³/mol. The second-order valence-corrected chi connectivity index (χ2v) is 12.6. The Morgan fingerprint density at radius 1 is 0.936 bits per heavy atom. The number of piperidine rings is 1. The van der Waals surface area contributed by atoms with E-state index in [2.05, 4.69) is 29.4 Å². The number of rotatable bonds is 9. The molecule has 0 atom stereocenters. The molecule has 10 nitrogen and oxygen atoms in total. The summed E-state index contributed by atoms with van der Waals surface area (Å²) >= 11 is 0. The van der Waals surface area contributed by atoms with E-state index in [9.17, 15) is 4.79 Å². The Bertz CT molecular complexity index is 1750. The van der Waals surface area contributed by atoms with Gasteiger partial charge < -0.3 is 24.4 Å². The Morgan fingerprint density at radius 2 is 1.68 bits per heavy atom. The van der Waals surface area contributed by atoms with Crippen molar-refractivity contribution in [2.75, 3.05) is 49.5 Å². The maximum atomic E-state index is 14.5. The maximum Gasteiger partial charge on any atom is 0.335 e. The number of methoxy groups -OCH3 is 2. The molecular weight excluding hydrogens is 592 g/mol. The zero-order valence-electron chi connectivity index (χ0n) is 28.3. The van der Waals surface area contributed by atoms with Crippen LogP contribution in [0.5, 0.6) is 17.2 Å². The van der Waals surface area contributed by atoms with Gasteiger partial charge in [-0.15, -0.1) is 0 Å². The van der Waals surface area contributed by atoms with E-state index in [1.807, 2.05) is 64.1 Å². The van der Waals surface area contributed by atoms with Gasteiger partial charge in [0.25, 0.3) is 0 Å². The minimum absolute atomic E-state index is 0.0146. The molecule has 0 radical (unpaired) electrons. The van der Waals surface area contributed by atoms with Crippen LogP contribution in [0.3, 0.4) is 0 Å². The van der Waals surface area contributed by atoms with Gasteiger partial charge in [0.15, 0.2) is 5.82 Å². The number of ether oxygens (including phenoxy) is 3. The molecule has 0 spiro atoms. The molecule has 1 N–H and O–H groups in total. The van der Waals surface area contributed by atoms with Crippen molar-refractivity contribution in [3.8, 4) is 17.2 Å². The Kier molecular flexibility index (Phi) is 9.22. The average molecular weight is 637 g/mol. The fourth-order valence-corrected chi connectivity index (χ4v) is 6.52. The normalized spacial score (nSPS) is 15.5. The molecule has 0 saturated carbocycles. The fourth-order valence-electron chi connectivity index (χ4n) is 6.52. The van der Waals surface area contributed by atoms with Crippen LogP contribution in [-0.4, -0.2) is 61.4 Å². The highest BCUT2D eigenvalue weighted by Gasteiger charge is 2.37. The molecule has 4 aromatic rings. The van der Waals surface area contributed by atoms with E-state index in [1.54, 1.807) is 36.3 Å². The fraction of sp³-hybridized carbons (Fsp3) is 0.378. The van der Waals surface area contributed by atoms with Gasteiger partial charge in [-0.1, -0.05) is 24.3 Å². The number of anilines is 5. The van der Waals surface area contributed by atoms with Crippen LogP contribution >= 0.6 is 0 Å². The largest absolute Gasteiger partial charge is 0.497 e. The van der Waals surface area contributed by atoms with Crippen molar-refractivity contribution in [3.05, 3.63) is 83.0 Å². The topological polar surface area (TPSA) is 92.3 Å². The molecule has 1 saturated heterocycles. The number of benzene rings is 3. The highest BCUT2D eigenvalue weighted by atomic mass is 16.5. The number of aromatic nitrogens is 2. The van der Waals surface area contributed by atoms with Crippen LogP contribution in [0.2, 0.25) is 0 Å². The third-order valence-corrected chi connectivity index (χ3v) is 8.95. The van der Waals surface area contributed by atoms with Crippen molar-refractivity contribution in [1.82, 2.24) is 14.9 Å². The number of carbonyl (C=O) groups excluding carboxylic acids is 1. The molecule has 47 heavy (non-hydrogen) atoms. The molecule has 0 bridgehead atoms. The Morgan fingerprint density at radius 3 is 2.36 bits per heavy atom. The van der Waals surface area contributed by atoms with Crippen molar-refractivity contribution in [2.24, 2.45) is 0 Å². The first-order valence-electron chi connectivity index (χ1n) is 16.2. The van der Waals surface area contributed by atoms with E-state index in [0.717, 1.165) is 59.7 Å². The summed E-state index contributed by atoms with van der Waals surface area (Å²) in [5.74, 6) is 3.19. The van der Waals surface area contributed by atoms with Crippen molar-refractivity contribution >= 4 is 34.9 Å². The summed E-state index contributed by atoms with van der Waals surface area (Å²) in [6.45, 7) is 10.6. The zero-order valence-corrected chi connectivity index (χ0v) is 28.3. The van der Waals surface area contributed by atoms with Crippen molar-refractivity contribution in [2.45, 2.75) is 59.1 Å². The number of para-hydroxylation sites is 1. The van der Waals surface area contributed by atoms with Gasteiger partial charge in [0.1, 0.15) is 17.2 Å². The predicted octanol–water partition coefficient (Wildman–Crippen LogP) is 7.73. The number of carbonyl (C=O) groups is 1. The van der Waals surface area contributed by atoms with Crippen LogP contribution in [-0.2, 0) is 6.54 Å². The molecule has 2 amide bonds. The standard InChI is InChI=1S/C37H44N6O4/c1-23(2)47-32-19-27(26-15-17-41(5)18-16-26)11-13-30(32)39-36-38-21-28-22-42(34-24(3)9-8-10-25(34)4)37(44)43(35(28)40-36)31-14-12-29(45-6)20-33(31)46-7/h8-14,19-21,23,26H,15-18,22H2,1-7H3,(H,38,39,40). The molecule has 1 fully saturated rings. The van der Waals surface area contributed by atoms with Crippen LogP contribution in [0.1, 0.15) is 54.9 Å². The van der Waals surface area contributed by atoms with Crippen molar-refractivity contribution in [1.29, 1.82) is 0 Å². The van der Waals surface area contributed by atoms with E-state index in [4.69, 9.17) is 24.2 Å². The summed E-state index contributed by atoms with van der Waals surface area (Å²) in [4.78, 5) is 30.0. The number of fused-ring (bicyclic) bond motifs is 1. The first-order chi connectivity index (χ1) is 22.7. The van der Waals surface area contributed by atoms with E-state index in [-0.39, 0.29) is 12.1 Å². The smallest absolute Gasteiger partial charge is 0.335 e. The Labute approximate surface area is 277 Å². The number of nitrogens with zero attached hydrogens (tertiary/aromatic N) is 5. The van der Waals surface area contributed by atoms with Crippen LogP contribution < -0.4 is 29.3 Å². The number of aryl methyl sites for hydroxylation is 2. The Hall–Kier alpha value is -4.83. The van der Waals surface area contributed by atoms with Crippen molar-refractivity contribution < 1.29 is 19.0 Å². The van der Waals surface area contributed by atoms with Crippen molar-refractivity contribution in [3.63, 3.8) is 0 Å². The third kappa shape index (κ3) is 6.55. The van der Waals surface area contributed by atoms with Gasteiger partial charge in [-0.25, -0.2) is 14.7 Å². The van der Waals surface area contributed by atoms with Gasteiger partial charge in [0.2, 0.25) is 5.95 Å². The molecule has 3 heterocycles. The number of urea groups is 1. The summed E-state index contributed by atoms with van der Waals surface area (Å²) in [5, 5.41) is 3.40. The Balaban J connectivity index is 1.41. The summed E-state index contributed by atoms with van der Waals surface area (Å²) < 4.78 is 17.5. The summed E-state index contributed by atoms with van der Waals surface area (Å²) in [7, 11) is 5.35. The lowest BCUT2D eigenvalue weighted by Gasteiger charge is -2.37. The lowest BCUT2D eigenvalue weighted by atomic mass is 9.89. The summed E-state index contributed by atoms with van der Waals surface area (Å²) in [6, 6.07) is 17.6. The lowest BCUT2D eigenvalue weighted by molar-refractivity contribution is 0.241. The second kappa shape index (κ2) is 13.5. The molecule has 6 rings (SSSR count).